The quantitative estimate of drug-likeness (QED) is 0.546. The van der Waals surface area contributed by atoms with E-state index in [1.54, 1.807) is 0 Å². The second-order valence-electron chi connectivity index (χ2n) is 4.47. The highest BCUT2D eigenvalue weighted by atomic mass is 15.2. The molecular formula is C11H21N3. The average Bonchev–Trinajstić information content (AvgIpc) is 2.70. The monoisotopic (exact) mass is 195 g/mol. The van der Waals surface area contributed by atoms with E-state index in [0.717, 1.165) is 18.7 Å². The molecule has 2 N–H and O–H groups in total. The summed E-state index contributed by atoms with van der Waals surface area (Å²) in [6, 6.07) is 1.22. The van der Waals surface area contributed by atoms with Crippen LogP contribution in [0, 0.1) is 0 Å². The normalized spacial score (nSPS) is 33.6. The lowest BCUT2D eigenvalue weighted by Gasteiger charge is -2.17. The zero-order chi connectivity index (χ0) is 9.97. The van der Waals surface area contributed by atoms with Gasteiger partial charge in [0, 0.05) is 19.0 Å². The Morgan fingerprint density at radius 3 is 3.07 bits per heavy atom. The van der Waals surface area contributed by atoms with E-state index in [-0.39, 0.29) is 0 Å². The van der Waals surface area contributed by atoms with Crippen LogP contribution in [0.4, 0.5) is 0 Å². The number of fused-ring (bicyclic) bond motifs is 1. The summed E-state index contributed by atoms with van der Waals surface area (Å²) in [6.45, 7) is 4.67. The van der Waals surface area contributed by atoms with Gasteiger partial charge in [0.15, 0.2) is 0 Å². The Morgan fingerprint density at radius 2 is 2.29 bits per heavy atom. The summed E-state index contributed by atoms with van der Waals surface area (Å²) in [4.78, 5) is 7.24. The lowest BCUT2D eigenvalue weighted by Crippen LogP contribution is -2.29. The molecule has 0 aromatic heterocycles. The third kappa shape index (κ3) is 1.92. The smallest absolute Gasteiger partial charge is 0.0941 e. The molecule has 3 nitrogen and oxygen atoms in total. The predicted molar refractivity (Wildman–Crippen MR) is 59.5 cm³/mol. The Morgan fingerprint density at radius 1 is 1.43 bits per heavy atom. The number of aliphatic imine (C=N–C) groups is 1. The molecular weight excluding hydrogens is 174 g/mol. The molecule has 14 heavy (non-hydrogen) atoms. The minimum absolute atomic E-state index is 0.504. The molecule has 0 aliphatic carbocycles. The largest absolute Gasteiger partial charge is 0.387 e. The SMILES string of the molecule is CCCC(N)=NC1CCN2CCCC12. The zero-order valence-corrected chi connectivity index (χ0v) is 9.08. The van der Waals surface area contributed by atoms with Crippen LogP contribution < -0.4 is 5.73 Å². The van der Waals surface area contributed by atoms with E-state index >= 15 is 0 Å². The van der Waals surface area contributed by atoms with Crippen LogP contribution in [-0.4, -0.2) is 35.9 Å². The van der Waals surface area contributed by atoms with Gasteiger partial charge in [-0.1, -0.05) is 6.92 Å². The van der Waals surface area contributed by atoms with Crippen molar-refractivity contribution in [3.63, 3.8) is 0 Å². The van der Waals surface area contributed by atoms with E-state index in [0.29, 0.717) is 12.1 Å². The molecule has 2 aliphatic heterocycles. The van der Waals surface area contributed by atoms with E-state index in [1.807, 2.05) is 0 Å². The van der Waals surface area contributed by atoms with Crippen molar-refractivity contribution in [2.24, 2.45) is 10.7 Å². The topological polar surface area (TPSA) is 41.6 Å². The van der Waals surface area contributed by atoms with Gasteiger partial charge in [0.1, 0.15) is 0 Å². The predicted octanol–water partition coefficient (Wildman–Crippen LogP) is 1.38. The summed E-state index contributed by atoms with van der Waals surface area (Å²) in [6.07, 6.45) is 5.96. The molecule has 2 heterocycles. The second kappa shape index (κ2) is 4.30. The van der Waals surface area contributed by atoms with Gasteiger partial charge in [0.05, 0.1) is 11.9 Å². The molecule has 0 aromatic carbocycles. The first-order chi connectivity index (χ1) is 6.81. The number of hydrogen-bond donors (Lipinski definition) is 1. The van der Waals surface area contributed by atoms with Gasteiger partial charge in [0.2, 0.25) is 0 Å². The molecule has 2 rings (SSSR count). The molecule has 0 amide bonds. The van der Waals surface area contributed by atoms with Crippen molar-refractivity contribution in [3.05, 3.63) is 0 Å². The summed E-state index contributed by atoms with van der Waals surface area (Å²) >= 11 is 0. The fourth-order valence-electron chi connectivity index (χ4n) is 2.74. The number of rotatable bonds is 3. The van der Waals surface area contributed by atoms with Crippen LogP contribution in [0.5, 0.6) is 0 Å². The van der Waals surface area contributed by atoms with Gasteiger partial charge in [-0.05, 0) is 32.2 Å². The summed E-state index contributed by atoms with van der Waals surface area (Å²) in [5.74, 6) is 0.867. The van der Waals surface area contributed by atoms with Crippen LogP contribution in [0.1, 0.15) is 39.0 Å². The lowest BCUT2D eigenvalue weighted by molar-refractivity contribution is 0.314. The number of hydrogen-bond acceptors (Lipinski definition) is 2. The highest BCUT2D eigenvalue weighted by molar-refractivity contribution is 5.80. The third-order valence-corrected chi connectivity index (χ3v) is 3.41. The summed E-state index contributed by atoms with van der Waals surface area (Å²) in [7, 11) is 0. The van der Waals surface area contributed by atoms with E-state index in [9.17, 15) is 0 Å². The number of amidine groups is 1. The molecule has 2 atom stereocenters. The van der Waals surface area contributed by atoms with Gasteiger partial charge < -0.3 is 5.73 Å². The zero-order valence-electron chi connectivity index (χ0n) is 9.08. The molecule has 2 aliphatic rings. The minimum atomic E-state index is 0.504. The maximum atomic E-state index is 5.88. The summed E-state index contributed by atoms with van der Waals surface area (Å²) in [5.41, 5.74) is 5.88. The Kier molecular flexibility index (Phi) is 3.06. The molecule has 2 saturated heterocycles. The Bertz CT molecular complexity index is 225. The highest BCUT2D eigenvalue weighted by Crippen LogP contribution is 2.29. The summed E-state index contributed by atoms with van der Waals surface area (Å²) in [5, 5.41) is 0. The molecule has 0 saturated carbocycles. The summed E-state index contributed by atoms with van der Waals surface area (Å²) < 4.78 is 0. The van der Waals surface area contributed by atoms with Gasteiger partial charge >= 0.3 is 0 Å². The molecule has 0 radical (unpaired) electrons. The third-order valence-electron chi connectivity index (χ3n) is 3.41. The average molecular weight is 195 g/mol. The Labute approximate surface area is 86.4 Å². The molecule has 0 aromatic rings. The first kappa shape index (κ1) is 9.97. The minimum Gasteiger partial charge on any atom is -0.387 e. The van der Waals surface area contributed by atoms with Gasteiger partial charge in [-0.3, -0.25) is 9.89 Å². The van der Waals surface area contributed by atoms with E-state index in [4.69, 9.17) is 5.73 Å². The van der Waals surface area contributed by atoms with Crippen LogP contribution in [-0.2, 0) is 0 Å². The van der Waals surface area contributed by atoms with Crippen LogP contribution in [0.25, 0.3) is 0 Å². The van der Waals surface area contributed by atoms with E-state index < -0.39 is 0 Å². The Balaban J connectivity index is 1.95. The van der Waals surface area contributed by atoms with Crippen molar-refractivity contribution < 1.29 is 0 Å². The van der Waals surface area contributed by atoms with Crippen molar-refractivity contribution >= 4 is 5.84 Å². The van der Waals surface area contributed by atoms with Crippen molar-refractivity contribution in [3.8, 4) is 0 Å². The van der Waals surface area contributed by atoms with Gasteiger partial charge in [-0.2, -0.15) is 0 Å². The fourth-order valence-corrected chi connectivity index (χ4v) is 2.74. The molecule has 0 bridgehead atoms. The number of nitrogens with two attached hydrogens (primary N) is 1. The van der Waals surface area contributed by atoms with Crippen molar-refractivity contribution in [2.45, 2.75) is 51.1 Å². The van der Waals surface area contributed by atoms with Gasteiger partial charge in [-0.25, -0.2) is 0 Å². The van der Waals surface area contributed by atoms with E-state index in [1.165, 1.54) is 32.4 Å². The maximum absolute atomic E-state index is 5.88. The molecule has 3 heteroatoms. The fraction of sp³-hybridized carbons (Fsp3) is 0.909. The number of nitrogens with zero attached hydrogens (tertiary/aromatic N) is 2. The van der Waals surface area contributed by atoms with Crippen LogP contribution in [0.2, 0.25) is 0 Å². The standard InChI is InChI=1S/C11H21N3/c1-2-4-11(12)13-9-6-8-14-7-3-5-10(9)14/h9-10H,2-8H2,1H3,(H2,12,13). The van der Waals surface area contributed by atoms with Crippen molar-refractivity contribution in [1.82, 2.24) is 4.90 Å². The van der Waals surface area contributed by atoms with Gasteiger partial charge in [-0.15, -0.1) is 0 Å². The van der Waals surface area contributed by atoms with Crippen molar-refractivity contribution in [1.29, 1.82) is 0 Å². The van der Waals surface area contributed by atoms with E-state index in [2.05, 4.69) is 16.8 Å². The second-order valence-corrected chi connectivity index (χ2v) is 4.47. The highest BCUT2D eigenvalue weighted by Gasteiger charge is 2.36. The van der Waals surface area contributed by atoms with Crippen LogP contribution in [0.3, 0.4) is 0 Å². The van der Waals surface area contributed by atoms with Crippen LogP contribution >= 0.6 is 0 Å². The first-order valence-corrected chi connectivity index (χ1v) is 5.87. The molecule has 2 unspecified atom stereocenters. The molecule has 0 spiro atoms. The molecule has 2 fully saturated rings. The first-order valence-electron chi connectivity index (χ1n) is 5.87. The maximum Gasteiger partial charge on any atom is 0.0941 e. The van der Waals surface area contributed by atoms with Gasteiger partial charge in [0.25, 0.3) is 0 Å². The van der Waals surface area contributed by atoms with Crippen molar-refractivity contribution in [2.75, 3.05) is 13.1 Å². The Hall–Kier alpha value is -0.570. The molecule has 80 valence electrons. The lowest BCUT2D eigenvalue weighted by atomic mass is 10.1. The van der Waals surface area contributed by atoms with Crippen LogP contribution in [0.15, 0.2) is 4.99 Å².